The van der Waals surface area contributed by atoms with Gasteiger partial charge in [-0.05, 0) is 184 Å². The predicted molar refractivity (Wildman–Crippen MR) is 291 cm³/mol. The lowest BCUT2D eigenvalue weighted by molar-refractivity contribution is -0.150. The van der Waals surface area contributed by atoms with Crippen LogP contribution < -0.4 is 28.7 Å². The summed E-state index contributed by atoms with van der Waals surface area (Å²) in [6, 6.07) is 50.7. The van der Waals surface area contributed by atoms with Gasteiger partial charge in [0.1, 0.15) is 23.0 Å². The van der Waals surface area contributed by atoms with Crippen molar-refractivity contribution in [2.45, 2.75) is 78.1 Å². The normalized spacial score (nSPS) is 14.4. The lowest BCUT2D eigenvalue weighted by Crippen LogP contribution is -2.45. The minimum absolute atomic E-state index is 0.256. The van der Waals surface area contributed by atoms with Crippen molar-refractivity contribution in [1.82, 2.24) is 0 Å². The van der Waals surface area contributed by atoms with Crippen LogP contribution in [0.5, 0.6) is 23.0 Å². The van der Waals surface area contributed by atoms with Crippen molar-refractivity contribution in [3.8, 4) is 34.1 Å². The van der Waals surface area contributed by atoms with Gasteiger partial charge in [-0.2, -0.15) is 0 Å². The van der Waals surface area contributed by atoms with Crippen LogP contribution in [0, 0.1) is 10.8 Å². The topological polar surface area (TPSA) is 80.3 Å². The lowest BCUT2D eigenvalue weighted by atomic mass is 9.84. The Morgan fingerprint density at radius 1 is 0.361 bits per heavy atom. The highest BCUT2D eigenvalue weighted by Gasteiger charge is 2.37. The third-order valence-electron chi connectivity index (χ3n) is 14.3. The molecule has 2 aliphatic heterocycles. The molecule has 0 atom stereocenters. The zero-order valence-electron chi connectivity index (χ0n) is 43.2. The molecule has 0 saturated carbocycles. The zero-order chi connectivity index (χ0) is 49.9. The van der Waals surface area contributed by atoms with Crippen LogP contribution in [0.4, 0.5) is 34.1 Å². The average molecular weight is 977 g/mol. The van der Waals surface area contributed by atoms with Crippen molar-refractivity contribution in [2.24, 2.45) is 10.8 Å². The van der Waals surface area contributed by atoms with Crippen LogP contribution in [-0.4, -0.2) is 80.3 Å². The van der Waals surface area contributed by atoms with Crippen molar-refractivity contribution < 1.29 is 37.9 Å². The summed E-state index contributed by atoms with van der Waals surface area (Å²) in [5.74, 6) is 3.37. The van der Waals surface area contributed by atoms with Gasteiger partial charge in [0.05, 0.1) is 67.1 Å². The molecule has 6 aromatic carbocycles. The quantitative estimate of drug-likeness (QED) is 0.0393. The van der Waals surface area contributed by atoms with Gasteiger partial charge in [-0.3, -0.25) is 0 Å². The number of hydrogen-bond acceptors (Lipinski definition) is 10. The molecule has 2 aliphatic rings. The second-order valence-corrected chi connectivity index (χ2v) is 19.5. The summed E-state index contributed by atoms with van der Waals surface area (Å²) in [5.41, 5.74) is 8.99. The fraction of sp³-hybridized carbons (Fsp3) is 0.419. The first kappa shape index (κ1) is 52.3. The van der Waals surface area contributed by atoms with E-state index in [1.807, 2.05) is 24.3 Å². The highest BCUT2D eigenvalue weighted by molar-refractivity contribution is 5.81. The zero-order valence-corrected chi connectivity index (χ0v) is 43.2. The third-order valence-corrected chi connectivity index (χ3v) is 14.3. The first-order valence-corrected chi connectivity index (χ1v) is 26.3. The molecule has 0 radical (unpaired) electrons. The number of ether oxygens (including phenoxy) is 8. The van der Waals surface area contributed by atoms with Crippen molar-refractivity contribution in [1.29, 1.82) is 0 Å². The molecule has 8 rings (SSSR count). The van der Waals surface area contributed by atoms with Gasteiger partial charge in [0, 0.05) is 58.2 Å². The molecule has 0 spiro atoms. The van der Waals surface area contributed by atoms with Gasteiger partial charge in [0.2, 0.25) is 0 Å². The van der Waals surface area contributed by atoms with E-state index in [4.69, 9.17) is 37.9 Å². The fourth-order valence-corrected chi connectivity index (χ4v) is 9.18. The van der Waals surface area contributed by atoms with Gasteiger partial charge in [0.15, 0.2) is 0 Å². The Labute approximate surface area is 429 Å². The van der Waals surface area contributed by atoms with E-state index >= 15 is 0 Å². The molecule has 0 bridgehead atoms. The Balaban J connectivity index is 0.865. The van der Waals surface area contributed by atoms with Crippen LogP contribution in [0.1, 0.15) is 78.1 Å². The molecule has 72 heavy (non-hydrogen) atoms. The molecule has 0 unspecified atom stereocenters. The average Bonchev–Trinajstić information content (AvgIpc) is 3.40. The first-order valence-electron chi connectivity index (χ1n) is 26.3. The van der Waals surface area contributed by atoms with E-state index in [2.05, 4.69) is 145 Å². The second-order valence-electron chi connectivity index (χ2n) is 19.5. The monoisotopic (exact) mass is 977 g/mol. The Hall–Kier alpha value is -6.04. The number of anilines is 6. The summed E-state index contributed by atoms with van der Waals surface area (Å²) in [5, 5.41) is 0. The largest absolute Gasteiger partial charge is 0.497 e. The van der Waals surface area contributed by atoms with E-state index < -0.39 is 0 Å². The van der Waals surface area contributed by atoms with E-state index in [0.29, 0.717) is 13.2 Å². The van der Waals surface area contributed by atoms with Crippen molar-refractivity contribution in [3.05, 3.63) is 146 Å². The molecule has 10 nitrogen and oxygen atoms in total. The first-order chi connectivity index (χ1) is 35.4. The predicted octanol–water partition coefficient (Wildman–Crippen LogP) is 15.1. The molecule has 10 heteroatoms. The number of hydrogen-bond donors (Lipinski definition) is 0. The van der Waals surface area contributed by atoms with E-state index in [0.717, 1.165) is 185 Å². The fourth-order valence-electron chi connectivity index (χ4n) is 9.18. The number of unbranched alkanes of at least 4 members (excludes halogenated alkanes) is 6. The van der Waals surface area contributed by atoms with Gasteiger partial charge < -0.3 is 47.7 Å². The molecule has 2 saturated heterocycles. The summed E-state index contributed by atoms with van der Waals surface area (Å²) in [6.45, 7) is 12.4. The molecule has 0 aromatic heterocycles. The summed E-state index contributed by atoms with van der Waals surface area (Å²) < 4.78 is 46.2. The summed E-state index contributed by atoms with van der Waals surface area (Å²) in [6.07, 6.45) is 11.0. The van der Waals surface area contributed by atoms with Gasteiger partial charge in [-0.1, -0.05) is 51.0 Å². The number of benzene rings is 6. The van der Waals surface area contributed by atoms with Gasteiger partial charge in [-0.25, -0.2) is 0 Å². The Morgan fingerprint density at radius 3 is 0.903 bits per heavy atom. The minimum atomic E-state index is 0.256. The Morgan fingerprint density at radius 2 is 0.639 bits per heavy atom. The van der Waals surface area contributed by atoms with Gasteiger partial charge in [0.25, 0.3) is 0 Å². The number of rotatable bonds is 31. The van der Waals surface area contributed by atoms with Crippen LogP contribution in [0.15, 0.2) is 146 Å². The van der Waals surface area contributed by atoms with E-state index in [1.54, 1.807) is 14.2 Å². The van der Waals surface area contributed by atoms with Crippen LogP contribution in [0.3, 0.4) is 0 Å². The van der Waals surface area contributed by atoms with Crippen molar-refractivity contribution >= 4 is 34.1 Å². The number of nitrogens with zero attached hydrogens (tertiary/aromatic N) is 2. The van der Waals surface area contributed by atoms with E-state index in [9.17, 15) is 0 Å². The summed E-state index contributed by atoms with van der Waals surface area (Å²) in [7, 11) is 3.39. The highest BCUT2D eigenvalue weighted by Crippen LogP contribution is 2.40. The van der Waals surface area contributed by atoms with Crippen LogP contribution >= 0.6 is 0 Å². The molecule has 0 aliphatic carbocycles. The van der Waals surface area contributed by atoms with Crippen molar-refractivity contribution in [3.63, 3.8) is 0 Å². The van der Waals surface area contributed by atoms with Crippen LogP contribution in [0.25, 0.3) is 11.1 Å². The third kappa shape index (κ3) is 14.1. The Kier molecular flexibility index (Phi) is 19.3. The van der Waals surface area contributed by atoms with Gasteiger partial charge in [-0.15, -0.1) is 0 Å². The number of methoxy groups -OCH3 is 2. The highest BCUT2D eigenvalue weighted by atomic mass is 16.5. The van der Waals surface area contributed by atoms with Crippen LogP contribution in [-0.2, 0) is 18.9 Å². The molecule has 0 amide bonds. The summed E-state index contributed by atoms with van der Waals surface area (Å²) in [4.78, 5) is 4.52. The van der Waals surface area contributed by atoms with E-state index in [-0.39, 0.29) is 10.8 Å². The minimum Gasteiger partial charge on any atom is -0.497 e. The van der Waals surface area contributed by atoms with E-state index in [1.165, 1.54) is 0 Å². The lowest BCUT2D eigenvalue weighted by Gasteiger charge is -2.40. The van der Waals surface area contributed by atoms with Gasteiger partial charge >= 0.3 is 0 Å². The maximum absolute atomic E-state index is 6.19. The molecule has 2 fully saturated rings. The molecule has 6 aromatic rings. The van der Waals surface area contributed by atoms with Crippen molar-refractivity contribution in [2.75, 3.05) is 90.1 Å². The molecular weight excluding hydrogens is 901 g/mol. The maximum atomic E-state index is 6.19. The van der Waals surface area contributed by atoms with Crippen LogP contribution in [0.2, 0.25) is 0 Å². The standard InChI is InChI=1S/C62H76N2O8/c1-5-61(45-69-46-61)43-67-39-11-7-9-13-41-71-59-35-27-55(28-36-59)63(53-23-31-57(65-3)32-24-53)51-19-15-49(16-20-51)50-17-21-52(22-18-50)64(54-25-33-58(66-4)34-26-54)56-29-37-60(38-30-56)72-42-14-10-8-12-40-68-44-62(6-2)47-70-48-62/h15-38H,5-14,39-48H2,1-4H3. The smallest absolute Gasteiger partial charge is 0.119 e. The molecule has 0 N–H and O–H groups in total. The molecule has 382 valence electrons. The molecular formula is C62H76N2O8. The molecule has 2 heterocycles. The summed E-state index contributed by atoms with van der Waals surface area (Å²) >= 11 is 0. The SMILES string of the molecule is CCC1(COCCCCCCOc2ccc(N(c3ccc(OC)cc3)c3ccc(-c4ccc(N(c5ccc(OC)cc5)c5ccc(OCCCCCCOCC6(CC)COC6)cc5)cc4)cc3)cc2)COC1. The second kappa shape index (κ2) is 26.6. The maximum Gasteiger partial charge on any atom is 0.119 e. The Bertz CT molecular complexity index is 2280.